The monoisotopic (exact) mass is 412 g/mol. The average molecular weight is 412 g/mol. The molecule has 0 unspecified atom stereocenters. The molecule has 0 radical (unpaired) electrons. The maximum absolute atomic E-state index is 13.8. The van der Waals surface area contributed by atoms with Gasteiger partial charge < -0.3 is 5.41 Å². The maximum atomic E-state index is 13.8. The van der Waals surface area contributed by atoms with Crippen LogP contribution in [0, 0.1) is 11.2 Å². The fourth-order valence-electron chi connectivity index (χ4n) is 2.37. The molecule has 0 spiro atoms. The van der Waals surface area contributed by atoms with Gasteiger partial charge in [-0.05, 0) is 24.3 Å². The molecule has 1 amide bonds. The molecule has 2 N–H and O–H groups in total. The van der Waals surface area contributed by atoms with Crippen molar-refractivity contribution in [3.63, 3.8) is 0 Å². The summed E-state index contributed by atoms with van der Waals surface area (Å²) in [5, 5.41) is 9.39. The number of sulfonamides is 1. The SMILES string of the molecule is N=C/C(=N\NC(=O)[C@@H]1C[C@@H](F)CN1S(=O)(=O)c1ccc(F)cc1)C(F)(F)F. The molecule has 1 aliphatic heterocycles. The van der Waals surface area contributed by atoms with Crippen molar-refractivity contribution in [2.45, 2.75) is 29.7 Å². The van der Waals surface area contributed by atoms with Gasteiger partial charge in [0.1, 0.15) is 18.0 Å². The summed E-state index contributed by atoms with van der Waals surface area (Å²) in [5.41, 5.74) is -0.213. The summed E-state index contributed by atoms with van der Waals surface area (Å²) in [7, 11) is -4.40. The topological polar surface area (TPSA) is 103 Å². The van der Waals surface area contributed by atoms with Crippen LogP contribution in [0.3, 0.4) is 0 Å². The number of hydrazone groups is 1. The summed E-state index contributed by atoms with van der Waals surface area (Å²) in [6.07, 6.45) is -7.47. The minimum absolute atomic E-state index is 0.139. The zero-order chi connectivity index (χ0) is 20.4. The van der Waals surface area contributed by atoms with Crippen LogP contribution in [-0.2, 0) is 14.8 Å². The van der Waals surface area contributed by atoms with E-state index in [2.05, 4.69) is 5.10 Å². The van der Waals surface area contributed by atoms with Crippen LogP contribution in [-0.4, -0.2) is 55.5 Å². The highest BCUT2D eigenvalue weighted by molar-refractivity contribution is 7.89. The summed E-state index contributed by atoms with van der Waals surface area (Å²) in [6, 6.07) is 1.89. The predicted octanol–water partition coefficient (Wildman–Crippen LogP) is 1.61. The van der Waals surface area contributed by atoms with Gasteiger partial charge in [0.25, 0.3) is 5.91 Å². The summed E-state index contributed by atoms with van der Waals surface area (Å²) in [5.74, 6) is -2.00. The normalized spacial score (nSPS) is 21.9. The Labute approximate surface area is 150 Å². The van der Waals surface area contributed by atoms with Crippen LogP contribution >= 0.6 is 0 Å². The first-order valence-electron chi connectivity index (χ1n) is 7.33. The van der Waals surface area contributed by atoms with Gasteiger partial charge in [0.2, 0.25) is 10.0 Å². The molecule has 13 heteroatoms. The molecule has 0 aliphatic carbocycles. The summed E-state index contributed by atoms with van der Waals surface area (Å²) < 4.78 is 89.8. The van der Waals surface area contributed by atoms with Crippen LogP contribution in [0.15, 0.2) is 34.3 Å². The third-order valence-corrected chi connectivity index (χ3v) is 5.53. The Morgan fingerprint density at radius 3 is 2.41 bits per heavy atom. The number of hydrogen-bond acceptors (Lipinski definition) is 5. The van der Waals surface area contributed by atoms with E-state index in [0.717, 1.165) is 24.3 Å². The molecule has 1 heterocycles. The molecule has 2 rings (SSSR count). The number of hydrogen-bond donors (Lipinski definition) is 2. The zero-order valence-electron chi connectivity index (χ0n) is 13.4. The number of halogens is 5. The molecule has 27 heavy (non-hydrogen) atoms. The number of rotatable bonds is 5. The molecule has 7 nitrogen and oxygen atoms in total. The number of amides is 1. The number of carbonyl (C=O) groups is 1. The number of alkyl halides is 4. The van der Waals surface area contributed by atoms with E-state index in [-0.39, 0.29) is 6.21 Å². The number of nitrogens with zero attached hydrogens (tertiary/aromatic N) is 2. The Morgan fingerprint density at radius 2 is 1.89 bits per heavy atom. The van der Waals surface area contributed by atoms with Crippen molar-refractivity contribution in [3.05, 3.63) is 30.1 Å². The Hall–Kier alpha value is -2.41. The van der Waals surface area contributed by atoms with E-state index in [9.17, 15) is 35.2 Å². The molecular formula is C14H13F5N4O3S. The van der Waals surface area contributed by atoms with Crippen molar-refractivity contribution >= 4 is 27.9 Å². The van der Waals surface area contributed by atoms with Crippen LogP contribution in [0.5, 0.6) is 0 Å². The maximum Gasteiger partial charge on any atom is 0.436 e. The van der Waals surface area contributed by atoms with Crippen molar-refractivity contribution < 1.29 is 35.2 Å². The van der Waals surface area contributed by atoms with Gasteiger partial charge >= 0.3 is 6.18 Å². The molecule has 1 saturated heterocycles. The fourth-order valence-corrected chi connectivity index (χ4v) is 4.00. The first-order valence-corrected chi connectivity index (χ1v) is 8.77. The highest BCUT2D eigenvalue weighted by Gasteiger charge is 2.44. The van der Waals surface area contributed by atoms with E-state index < -0.39 is 63.7 Å². The third-order valence-electron chi connectivity index (χ3n) is 3.64. The van der Waals surface area contributed by atoms with Gasteiger partial charge in [-0.25, -0.2) is 22.6 Å². The van der Waals surface area contributed by atoms with Gasteiger partial charge in [-0.1, -0.05) is 0 Å². The van der Waals surface area contributed by atoms with E-state index in [1.165, 1.54) is 5.43 Å². The average Bonchev–Trinajstić information content (AvgIpc) is 2.97. The Bertz CT molecular complexity index is 854. The highest BCUT2D eigenvalue weighted by atomic mass is 32.2. The molecule has 0 saturated carbocycles. The van der Waals surface area contributed by atoms with Crippen molar-refractivity contribution in [2.75, 3.05) is 6.54 Å². The second-order valence-corrected chi connectivity index (χ2v) is 7.38. The lowest BCUT2D eigenvalue weighted by Gasteiger charge is -2.22. The van der Waals surface area contributed by atoms with E-state index in [1.54, 1.807) is 0 Å². The quantitative estimate of drug-likeness (QED) is 0.436. The Morgan fingerprint density at radius 1 is 1.30 bits per heavy atom. The minimum atomic E-state index is -5.01. The van der Waals surface area contributed by atoms with Crippen molar-refractivity contribution in [3.8, 4) is 0 Å². The van der Waals surface area contributed by atoms with Crippen molar-refractivity contribution in [1.29, 1.82) is 5.41 Å². The third kappa shape index (κ3) is 4.66. The van der Waals surface area contributed by atoms with Crippen LogP contribution in [0.1, 0.15) is 6.42 Å². The molecule has 1 aromatic carbocycles. The predicted molar refractivity (Wildman–Crippen MR) is 84.0 cm³/mol. The Kier molecular flexibility index (Phi) is 5.94. The number of carbonyl (C=O) groups excluding carboxylic acids is 1. The molecule has 1 aliphatic rings. The van der Waals surface area contributed by atoms with Crippen molar-refractivity contribution in [2.24, 2.45) is 5.10 Å². The second-order valence-electron chi connectivity index (χ2n) is 5.49. The van der Waals surface area contributed by atoms with Gasteiger partial charge in [0.05, 0.1) is 11.1 Å². The van der Waals surface area contributed by atoms with Crippen molar-refractivity contribution in [1.82, 2.24) is 9.73 Å². The van der Waals surface area contributed by atoms with E-state index in [0.29, 0.717) is 4.31 Å². The van der Waals surface area contributed by atoms with Crippen LogP contribution < -0.4 is 5.43 Å². The van der Waals surface area contributed by atoms with E-state index in [4.69, 9.17) is 5.41 Å². The molecule has 0 aromatic heterocycles. The lowest BCUT2D eigenvalue weighted by atomic mass is 10.2. The fraction of sp³-hybridized carbons (Fsp3) is 0.357. The lowest BCUT2D eigenvalue weighted by molar-refractivity contribution is -0.124. The van der Waals surface area contributed by atoms with Crippen LogP contribution in [0.4, 0.5) is 22.0 Å². The first kappa shape index (κ1) is 20.9. The zero-order valence-corrected chi connectivity index (χ0v) is 14.2. The highest BCUT2D eigenvalue weighted by Crippen LogP contribution is 2.28. The Balaban J connectivity index is 2.27. The standard InChI is InChI=1S/C14H13F5N4O3S/c15-8-1-3-10(4-2-8)27(25,26)23-7-9(16)5-11(23)13(24)22-21-12(6-20)14(17,18)19/h1-4,6,9,11,20H,5,7H2,(H,22,24)/b20-6?,21-12+/t9-,11+/m1/s1. The molecule has 148 valence electrons. The number of benzene rings is 1. The minimum Gasteiger partial charge on any atom is -0.306 e. The summed E-state index contributed by atoms with van der Waals surface area (Å²) in [4.78, 5) is 11.7. The molecule has 1 fully saturated rings. The second kappa shape index (κ2) is 7.68. The van der Waals surface area contributed by atoms with Gasteiger partial charge in [0, 0.05) is 13.0 Å². The molecule has 1 aromatic rings. The van der Waals surface area contributed by atoms with Gasteiger partial charge in [-0.15, -0.1) is 0 Å². The largest absolute Gasteiger partial charge is 0.436 e. The first-order chi connectivity index (χ1) is 12.5. The lowest BCUT2D eigenvalue weighted by Crippen LogP contribution is -2.45. The number of nitrogens with one attached hydrogen (secondary N) is 2. The van der Waals surface area contributed by atoms with Crippen LogP contribution in [0.25, 0.3) is 0 Å². The van der Waals surface area contributed by atoms with Gasteiger partial charge in [-0.2, -0.15) is 22.6 Å². The molecule has 2 atom stereocenters. The molecule has 0 bridgehead atoms. The van der Waals surface area contributed by atoms with E-state index in [1.807, 2.05) is 0 Å². The summed E-state index contributed by atoms with van der Waals surface area (Å²) >= 11 is 0. The van der Waals surface area contributed by atoms with E-state index >= 15 is 0 Å². The van der Waals surface area contributed by atoms with Gasteiger partial charge in [-0.3, -0.25) is 4.79 Å². The summed E-state index contributed by atoms with van der Waals surface area (Å²) in [6.45, 7) is -0.696. The smallest absolute Gasteiger partial charge is 0.306 e. The van der Waals surface area contributed by atoms with Gasteiger partial charge in [0.15, 0.2) is 5.71 Å². The molecular weight excluding hydrogens is 399 g/mol. The van der Waals surface area contributed by atoms with Crippen LogP contribution in [0.2, 0.25) is 0 Å².